The minimum absolute atomic E-state index is 0.0635. The van der Waals surface area contributed by atoms with Crippen molar-refractivity contribution in [2.45, 2.75) is 44.7 Å². The van der Waals surface area contributed by atoms with Gasteiger partial charge in [0.15, 0.2) is 0 Å². The average molecular weight is 502 g/mol. The normalized spacial score (nSPS) is 13.2. The van der Waals surface area contributed by atoms with E-state index in [4.69, 9.17) is 4.74 Å². The van der Waals surface area contributed by atoms with Gasteiger partial charge in [0.1, 0.15) is 12.6 Å². The monoisotopic (exact) mass is 501 g/mol. The van der Waals surface area contributed by atoms with Crippen LogP contribution >= 0.6 is 0 Å². The Kier molecular flexibility index (Phi) is 7.47. The first-order valence-electron chi connectivity index (χ1n) is 12.1. The standard InChI is InChI=1S/C29H31N3O5/c1-29(2,3)32-27(35)30-19-14-12-18(13-15-19)16-25(26(33)34)31-28(36)37-17-24-22-10-6-4-8-20(22)21-9-5-7-11-23(21)24/h4-15,24-25H,16-17H2,1-3H3,(H,31,36)(H,33,34)(H2,30,32,35)/t25-/m0/s1. The number of carboxylic acid groups (broad SMARTS) is 1. The number of fused-ring (bicyclic) bond motifs is 3. The maximum Gasteiger partial charge on any atom is 0.407 e. The van der Waals surface area contributed by atoms with E-state index in [9.17, 15) is 19.5 Å². The Morgan fingerprint density at radius 2 is 1.46 bits per heavy atom. The lowest BCUT2D eigenvalue weighted by Gasteiger charge is -2.21. The number of carbonyl (C=O) groups excluding carboxylic acids is 2. The molecule has 192 valence electrons. The van der Waals surface area contributed by atoms with Crippen LogP contribution in [0.25, 0.3) is 11.1 Å². The van der Waals surface area contributed by atoms with Crippen LogP contribution in [0.2, 0.25) is 0 Å². The van der Waals surface area contributed by atoms with Crippen molar-refractivity contribution in [1.29, 1.82) is 0 Å². The number of hydrogen-bond acceptors (Lipinski definition) is 4. The summed E-state index contributed by atoms with van der Waals surface area (Å²) in [5.74, 6) is -1.28. The molecule has 0 saturated heterocycles. The first-order valence-corrected chi connectivity index (χ1v) is 12.1. The van der Waals surface area contributed by atoms with Crippen molar-refractivity contribution in [3.63, 3.8) is 0 Å². The van der Waals surface area contributed by atoms with Crippen molar-refractivity contribution in [2.75, 3.05) is 11.9 Å². The first-order chi connectivity index (χ1) is 17.6. The molecule has 3 aromatic carbocycles. The number of urea groups is 1. The first kappa shape index (κ1) is 25.8. The number of amides is 3. The number of carboxylic acids is 1. The Bertz CT molecular complexity index is 1250. The van der Waals surface area contributed by atoms with Gasteiger partial charge in [-0.2, -0.15) is 0 Å². The Hall–Kier alpha value is -4.33. The molecule has 4 rings (SSSR count). The van der Waals surface area contributed by atoms with Gasteiger partial charge in [-0.1, -0.05) is 60.7 Å². The van der Waals surface area contributed by atoms with E-state index >= 15 is 0 Å². The largest absolute Gasteiger partial charge is 0.480 e. The highest BCUT2D eigenvalue weighted by Crippen LogP contribution is 2.44. The van der Waals surface area contributed by atoms with Crippen molar-refractivity contribution in [3.8, 4) is 11.1 Å². The molecule has 8 heteroatoms. The number of hydrogen-bond donors (Lipinski definition) is 4. The van der Waals surface area contributed by atoms with E-state index in [-0.39, 0.29) is 30.5 Å². The highest BCUT2D eigenvalue weighted by Gasteiger charge is 2.29. The molecule has 0 aromatic heterocycles. The highest BCUT2D eigenvalue weighted by atomic mass is 16.5. The molecule has 4 N–H and O–H groups in total. The van der Waals surface area contributed by atoms with Crippen molar-refractivity contribution in [2.24, 2.45) is 0 Å². The Balaban J connectivity index is 1.34. The molecule has 37 heavy (non-hydrogen) atoms. The summed E-state index contributed by atoms with van der Waals surface area (Å²) in [6.07, 6.45) is -0.722. The van der Waals surface area contributed by atoms with Crippen LogP contribution in [-0.2, 0) is 16.0 Å². The van der Waals surface area contributed by atoms with E-state index in [1.807, 2.05) is 69.3 Å². The number of ether oxygens (including phenoxy) is 1. The Morgan fingerprint density at radius 1 is 0.892 bits per heavy atom. The number of aliphatic carboxylic acids is 1. The van der Waals surface area contributed by atoms with Crippen LogP contribution in [-0.4, -0.2) is 41.4 Å². The smallest absolute Gasteiger partial charge is 0.407 e. The zero-order valence-corrected chi connectivity index (χ0v) is 21.1. The Labute approximate surface area is 216 Å². The quantitative estimate of drug-likeness (QED) is 0.358. The zero-order valence-electron chi connectivity index (χ0n) is 21.1. The van der Waals surface area contributed by atoms with E-state index < -0.39 is 18.1 Å². The number of rotatable bonds is 7. The van der Waals surface area contributed by atoms with E-state index in [2.05, 4.69) is 16.0 Å². The van der Waals surface area contributed by atoms with Gasteiger partial charge in [0.2, 0.25) is 0 Å². The van der Waals surface area contributed by atoms with Crippen molar-refractivity contribution in [1.82, 2.24) is 10.6 Å². The predicted octanol–water partition coefficient (Wildman–Crippen LogP) is 5.14. The van der Waals surface area contributed by atoms with E-state index in [0.717, 1.165) is 22.3 Å². The fourth-order valence-corrected chi connectivity index (χ4v) is 4.45. The minimum atomic E-state index is -1.17. The van der Waals surface area contributed by atoms with E-state index in [1.54, 1.807) is 24.3 Å². The molecular weight excluding hydrogens is 470 g/mol. The molecule has 3 aromatic rings. The van der Waals surface area contributed by atoms with Crippen LogP contribution in [0.1, 0.15) is 43.4 Å². The number of carbonyl (C=O) groups is 3. The molecular formula is C29H31N3O5. The van der Waals surface area contributed by atoms with Crippen LogP contribution in [0.15, 0.2) is 72.8 Å². The van der Waals surface area contributed by atoms with E-state index in [0.29, 0.717) is 11.3 Å². The second kappa shape index (κ2) is 10.7. The molecule has 3 amide bonds. The van der Waals surface area contributed by atoms with Gasteiger partial charge in [0.25, 0.3) is 0 Å². The summed E-state index contributed by atoms with van der Waals surface area (Å²) >= 11 is 0. The van der Waals surface area contributed by atoms with Gasteiger partial charge in [-0.3, -0.25) is 0 Å². The predicted molar refractivity (Wildman–Crippen MR) is 142 cm³/mol. The fourth-order valence-electron chi connectivity index (χ4n) is 4.45. The van der Waals surface area contributed by atoms with Gasteiger partial charge in [-0.15, -0.1) is 0 Å². The van der Waals surface area contributed by atoms with E-state index in [1.165, 1.54) is 0 Å². The third kappa shape index (κ3) is 6.46. The third-order valence-corrected chi connectivity index (χ3v) is 6.07. The number of alkyl carbamates (subject to hydrolysis) is 1. The number of anilines is 1. The molecule has 0 fully saturated rings. The number of benzene rings is 3. The number of nitrogens with one attached hydrogen (secondary N) is 3. The van der Waals surface area contributed by atoms with Crippen molar-refractivity contribution in [3.05, 3.63) is 89.5 Å². The van der Waals surface area contributed by atoms with Gasteiger partial charge in [-0.05, 0) is 60.7 Å². The molecule has 0 radical (unpaired) electrons. The lowest BCUT2D eigenvalue weighted by atomic mass is 9.98. The molecule has 1 atom stereocenters. The SMILES string of the molecule is CC(C)(C)NC(=O)Nc1ccc(C[C@H](NC(=O)OCC2c3ccccc3-c3ccccc32)C(=O)O)cc1. The lowest BCUT2D eigenvalue weighted by Crippen LogP contribution is -2.43. The van der Waals surface area contributed by atoms with Crippen molar-refractivity contribution < 1.29 is 24.2 Å². The van der Waals surface area contributed by atoms with Gasteiger partial charge in [0, 0.05) is 23.6 Å². The summed E-state index contributed by atoms with van der Waals surface area (Å²) in [5.41, 5.74) is 5.28. The molecule has 1 aliphatic rings. The molecule has 0 heterocycles. The zero-order chi connectivity index (χ0) is 26.6. The second-order valence-electron chi connectivity index (χ2n) is 10.1. The molecule has 0 aliphatic heterocycles. The second-order valence-corrected chi connectivity index (χ2v) is 10.1. The highest BCUT2D eigenvalue weighted by molar-refractivity contribution is 5.89. The fraction of sp³-hybridized carbons (Fsp3) is 0.276. The summed E-state index contributed by atoms with van der Waals surface area (Å²) in [4.78, 5) is 36.4. The van der Waals surface area contributed by atoms with Crippen molar-refractivity contribution >= 4 is 23.8 Å². The third-order valence-electron chi connectivity index (χ3n) is 6.07. The molecule has 0 spiro atoms. The van der Waals surface area contributed by atoms with Crippen LogP contribution < -0.4 is 16.0 Å². The summed E-state index contributed by atoms with van der Waals surface area (Å²) in [7, 11) is 0. The summed E-state index contributed by atoms with van der Waals surface area (Å²) in [5, 5.41) is 17.7. The summed E-state index contributed by atoms with van der Waals surface area (Å²) in [6.45, 7) is 5.74. The molecule has 0 unspecified atom stereocenters. The van der Waals surface area contributed by atoms with Crippen LogP contribution in [0.3, 0.4) is 0 Å². The Morgan fingerprint density at radius 3 is 2.00 bits per heavy atom. The molecule has 8 nitrogen and oxygen atoms in total. The maximum atomic E-state index is 12.6. The minimum Gasteiger partial charge on any atom is -0.480 e. The van der Waals surface area contributed by atoms with Crippen LogP contribution in [0, 0.1) is 0 Å². The topological polar surface area (TPSA) is 117 Å². The lowest BCUT2D eigenvalue weighted by molar-refractivity contribution is -0.139. The van der Waals surface area contributed by atoms with Gasteiger partial charge in [0.05, 0.1) is 0 Å². The summed E-state index contributed by atoms with van der Waals surface area (Å²) in [6, 6.07) is 21.3. The summed E-state index contributed by atoms with van der Waals surface area (Å²) < 4.78 is 5.49. The molecule has 0 bridgehead atoms. The van der Waals surface area contributed by atoms with Crippen LogP contribution in [0.4, 0.5) is 15.3 Å². The average Bonchev–Trinajstić information content (AvgIpc) is 3.16. The van der Waals surface area contributed by atoms with Gasteiger partial charge < -0.3 is 25.8 Å². The maximum absolute atomic E-state index is 12.6. The molecule has 0 saturated carbocycles. The van der Waals surface area contributed by atoms with Gasteiger partial charge >= 0.3 is 18.1 Å². The van der Waals surface area contributed by atoms with Crippen LogP contribution in [0.5, 0.6) is 0 Å². The molecule has 1 aliphatic carbocycles. The van der Waals surface area contributed by atoms with Gasteiger partial charge in [-0.25, -0.2) is 14.4 Å².